The zero-order chi connectivity index (χ0) is 13.2. The Morgan fingerprint density at radius 1 is 1.33 bits per heavy atom. The molecule has 0 aliphatic heterocycles. The number of nitrogens with zero attached hydrogens (tertiary/aromatic N) is 2. The summed E-state index contributed by atoms with van der Waals surface area (Å²) in [6.07, 6.45) is -1.62. The van der Waals surface area contributed by atoms with E-state index in [0.29, 0.717) is 0 Å². The predicted molar refractivity (Wildman–Crippen MR) is 58.1 cm³/mol. The summed E-state index contributed by atoms with van der Waals surface area (Å²) < 4.78 is 42.2. The molecule has 0 fully saturated rings. The summed E-state index contributed by atoms with van der Waals surface area (Å²) in [5.74, 6) is 0.00326. The topological polar surface area (TPSA) is 51.0 Å². The summed E-state index contributed by atoms with van der Waals surface area (Å²) in [6.45, 7) is 0.279. The molecule has 2 rings (SSSR count). The van der Waals surface area contributed by atoms with Crippen LogP contribution in [0.25, 0.3) is 0 Å². The van der Waals surface area contributed by atoms with Crippen molar-refractivity contribution in [2.24, 2.45) is 0 Å². The van der Waals surface area contributed by atoms with Crippen molar-refractivity contribution in [3.63, 3.8) is 0 Å². The first-order chi connectivity index (χ1) is 8.45. The van der Waals surface area contributed by atoms with E-state index in [9.17, 15) is 13.2 Å². The molecule has 2 heterocycles. The number of furan rings is 1. The van der Waals surface area contributed by atoms with Gasteiger partial charge in [-0.25, -0.2) is 9.97 Å². The third-order valence-electron chi connectivity index (χ3n) is 2.04. The minimum atomic E-state index is -4.56. The molecule has 0 radical (unpaired) electrons. The van der Waals surface area contributed by atoms with Crippen LogP contribution in [0.4, 0.5) is 19.0 Å². The van der Waals surface area contributed by atoms with E-state index in [0.717, 1.165) is 11.6 Å². The zero-order valence-corrected chi connectivity index (χ0v) is 9.59. The molecule has 0 saturated carbocycles. The fraction of sp³-hybridized carbons (Fsp3) is 0.200. The lowest BCUT2D eigenvalue weighted by molar-refractivity contribution is -0.141. The number of hydrogen-bond donors (Lipinski definition) is 1. The van der Waals surface area contributed by atoms with Crippen molar-refractivity contribution in [2.75, 3.05) is 5.32 Å². The summed E-state index contributed by atoms with van der Waals surface area (Å²) in [5.41, 5.74) is -0.310. The molecule has 0 bridgehead atoms. The Morgan fingerprint density at radius 2 is 2.11 bits per heavy atom. The van der Waals surface area contributed by atoms with Gasteiger partial charge in [-0.05, 0) is 17.7 Å². The molecule has 0 aliphatic rings. The lowest BCUT2D eigenvalue weighted by Gasteiger charge is -2.09. The van der Waals surface area contributed by atoms with Crippen LogP contribution in [0.3, 0.4) is 0 Å². The third kappa shape index (κ3) is 3.13. The number of alkyl halides is 3. The molecule has 8 heteroatoms. The van der Waals surface area contributed by atoms with Crippen LogP contribution < -0.4 is 5.32 Å². The summed E-state index contributed by atoms with van der Waals surface area (Å²) >= 11 is 5.44. The summed E-state index contributed by atoms with van der Waals surface area (Å²) in [6, 6.07) is 2.48. The first kappa shape index (κ1) is 12.7. The van der Waals surface area contributed by atoms with Gasteiger partial charge in [0.25, 0.3) is 0 Å². The minimum Gasteiger partial charge on any atom is -0.472 e. The molecule has 2 aromatic rings. The second-order valence-corrected chi connectivity index (χ2v) is 3.73. The van der Waals surface area contributed by atoms with E-state index >= 15 is 0 Å². The number of nitrogens with one attached hydrogen (secondary N) is 1. The highest BCUT2D eigenvalue weighted by Crippen LogP contribution is 2.29. The van der Waals surface area contributed by atoms with Crippen molar-refractivity contribution < 1.29 is 17.6 Å². The maximum atomic E-state index is 12.5. The van der Waals surface area contributed by atoms with Gasteiger partial charge in [-0.1, -0.05) is 0 Å². The zero-order valence-electron chi connectivity index (χ0n) is 8.83. The smallest absolute Gasteiger partial charge is 0.433 e. The van der Waals surface area contributed by atoms with E-state index in [-0.39, 0.29) is 12.4 Å². The average Bonchev–Trinajstić information content (AvgIpc) is 2.77. The van der Waals surface area contributed by atoms with Crippen molar-refractivity contribution in [2.45, 2.75) is 12.7 Å². The quantitative estimate of drug-likeness (QED) is 0.874. The first-order valence-corrected chi connectivity index (χ1v) is 5.19. The maximum absolute atomic E-state index is 12.5. The first-order valence-electron chi connectivity index (χ1n) is 4.82. The Balaban J connectivity index is 2.15. The minimum absolute atomic E-state index is 0.00326. The fourth-order valence-corrected chi connectivity index (χ4v) is 1.42. The molecule has 0 spiro atoms. The molecule has 0 amide bonds. The SMILES string of the molecule is FC(F)(F)c1cc(NCc2ccoc2)nc(Cl)n1. The van der Waals surface area contributed by atoms with Crippen LogP contribution in [0.5, 0.6) is 0 Å². The number of aromatic nitrogens is 2. The Hall–Kier alpha value is -1.76. The lowest BCUT2D eigenvalue weighted by Crippen LogP contribution is -2.11. The van der Waals surface area contributed by atoms with Gasteiger partial charge in [-0.3, -0.25) is 0 Å². The predicted octanol–water partition coefficient (Wildman–Crippen LogP) is 3.35. The van der Waals surface area contributed by atoms with E-state index in [1.54, 1.807) is 6.07 Å². The lowest BCUT2D eigenvalue weighted by atomic mass is 10.3. The summed E-state index contributed by atoms with van der Waals surface area (Å²) in [4.78, 5) is 6.78. The van der Waals surface area contributed by atoms with Crippen LogP contribution in [0.1, 0.15) is 11.3 Å². The molecule has 96 valence electrons. The molecular weight excluding hydrogens is 271 g/mol. The Kier molecular flexibility index (Phi) is 3.42. The van der Waals surface area contributed by atoms with Gasteiger partial charge in [0.2, 0.25) is 5.28 Å². The molecule has 2 aromatic heterocycles. The van der Waals surface area contributed by atoms with Crippen LogP contribution >= 0.6 is 11.6 Å². The van der Waals surface area contributed by atoms with Gasteiger partial charge in [0.15, 0.2) is 5.69 Å². The second-order valence-electron chi connectivity index (χ2n) is 3.39. The van der Waals surface area contributed by atoms with E-state index < -0.39 is 17.2 Å². The van der Waals surface area contributed by atoms with E-state index in [1.165, 1.54) is 12.5 Å². The van der Waals surface area contributed by atoms with Crippen molar-refractivity contribution in [3.05, 3.63) is 41.2 Å². The third-order valence-corrected chi connectivity index (χ3v) is 2.21. The van der Waals surface area contributed by atoms with E-state index in [1.807, 2.05) is 0 Å². The number of hydrogen-bond acceptors (Lipinski definition) is 4. The Bertz CT molecular complexity index is 528. The maximum Gasteiger partial charge on any atom is 0.433 e. The van der Waals surface area contributed by atoms with Gasteiger partial charge in [0.1, 0.15) is 5.82 Å². The molecule has 0 atom stereocenters. The van der Waals surface area contributed by atoms with Gasteiger partial charge in [0, 0.05) is 18.2 Å². The van der Waals surface area contributed by atoms with Crippen LogP contribution in [0.15, 0.2) is 29.1 Å². The molecule has 18 heavy (non-hydrogen) atoms. The molecule has 0 saturated heterocycles. The highest BCUT2D eigenvalue weighted by Gasteiger charge is 2.33. The van der Waals surface area contributed by atoms with Crippen LogP contribution in [0, 0.1) is 0 Å². The number of rotatable bonds is 3. The van der Waals surface area contributed by atoms with Crippen molar-refractivity contribution in [1.29, 1.82) is 0 Å². The fourth-order valence-electron chi connectivity index (χ4n) is 1.24. The van der Waals surface area contributed by atoms with Gasteiger partial charge in [0.05, 0.1) is 12.5 Å². The highest BCUT2D eigenvalue weighted by atomic mass is 35.5. The van der Waals surface area contributed by atoms with E-state index in [4.69, 9.17) is 16.0 Å². The van der Waals surface area contributed by atoms with Gasteiger partial charge < -0.3 is 9.73 Å². The van der Waals surface area contributed by atoms with Crippen LogP contribution in [0.2, 0.25) is 5.28 Å². The van der Waals surface area contributed by atoms with Gasteiger partial charge in [-0.15, -0.1) is 0 Å². The molecule has 1 N–H and O–H groups in total. The molecule has 0 aliphatic carbocycles. The number of halogens is 4. The van der Waals surface area contributed by atoms with Crippen LogP contribution in [-0.2, 0) is 12.7 Å². The second kappa shape index (κ2) is 4.85. The van der Waals surface area contributed by atoms with Crippen molar-refractivity contribution in [3.8, 4) is 0 Å². The molecular formula is C10H7ClF3N3O. The summed E-state index contributed by atoms with van der Waals surface area (Å²) in [7, 11) is 0. The van der Waals surface area contributed by atoms with Crippen molar-refractivity contribution >= 4 is 17.4 Å². The highest BCUT2D eigenvalue weighted by molar-refractivity contribution is 6.28. The Labute approximate surface area is 105 Å². The molecule has 4 nitrogen and oxygen atoms in total. The molecule has 0 unspecified atom stereocenters. The van der Waals surface area contributed by atoms with Gasteiger partial charge >= 0.3 is 6.18 Å². The monoisotopic (exact) mass is 277 g/mol. The summed E-state index contributed by atoms with van der Waals surface area (Å²) in [5, 5.41) is 2.25. The largest absolute Gasteiger partial charge is 0.472 e. The molecule has 0 aromatic carbocycles. The van der Waals surface area contributed by atoms with Gasteiger partial charge in [-0.2, -0.15) is 13.2 Å². The van der Waals surface area contributed by atoms with E-state index in [2.05, 4.69) is 15.3 Å². The normalized spacial score (nSPS) is 11.6. The average molecular weight is 278 g/mol. The van der Waals surface area contributed by atoms with Crippen LogP contribution in [-0.4, -0.2) is 9.97 Å². The standard InChI is InChI=1S/C10H7ClF3N3O/c11-9-16-7(10(12,13)14)3-8(17-9)15-4-6-1-2-18-5-6/h1-3,5H,4H2,(H,15,16,17). The number of anilines is 1. The van der Waals surface area contributed by atoms with Crippen molar-refractivity contribution in [1.82, 2.24) is 9.97 Å². The Morgan fingerprint density at radius 3 is 2.72 bits per heavy atom.